The molecule has 1 heterocycles. The zero-order valence-corrected chi connectivity index (χ0v) is 13.6. The number of carbonyl (C=O) groups is 2. The van der Waals surface area contributed by atoms with Gasteiger partial charge in [-0.25, -0.2) is 4.79 Å². The Kier molecular flexibility index (Phi) is 5.05. The third kappa shape index (κ3) is 3.07. The minimum atomic E-state index is -1.31. The number of amides is 1. The predicted molar refractivity (Wildman–Crippen MR) is 87.7 cm³/mol. The smallest absolute Gasteiger partial charge is 0.328 e. The lowest BCUT2D eigenvalue weighted by Gasteiger charge is -2.14. The molecule has 1 aromatic heterocycles. The molecular weight excluding hydrogens is 296 g/mol. The molecule has 0 saturated heterocycles. The van der Waals surface area contributed by atoms with Gasteiger partial charge in [0.2, 0.25) is 0 Å². The Balaban J connectivity index is 2.53. The molecule has 1 unspecified atom stereocenters. The van der Waals surface area contributed by atoms with Crippen LogP contribution in [0.5, 0.6) is 0 Å². The molecule has 1 amide bonds. The summed E-state index contributed by atoms with van der Waals surface area (Å²) in [6.07, 6.45) is 0.903. The second-order valence-electron chi connectivity index (χ2n) is 5.47. The van der Waals surface area contributed by atoms with Gasteiger partial charge in [0.25, 0.3) is 5.91 Å². The summed E-state index contributed by atoms with van der Waals surface area (Å²) in [4.78, 5) is 23.5. The minimum Gasteiger partial charge on any atom is -0.480 e. The first-order chi connectivity index (χ1) is 10.9. The highest BCUT2D eigenvalue weighted by Crippen LogP contribution is 2.27. The molecule has 0 spiro atoms. The van der Waals surface area contributed by atoms with E-state index in [-0.39, 0.29) is 0 Å². The van der Waals surface area contributed by atoms with Crippen LogP contribution in [-0.2, 0) is 17.8 Å². The van der Waals surface area contributed by atoms with Gasteiger partial charge in [-0.15, -0.1) is 0 Å². The number of rotatable bonds is 6. The molecule has 0 bridgehead atoms. The fraction of sp³-hybridized carbons (Fsp3) is 0.412. The van der Waals surface area contributed by atoms with Crippen LogP contribution in [-0.4, -0.2) is 39.3 Å². The Bertz CT molecular complexity index is 749. The van der Waals surface area contributed by atoms with Crippen LogP contribution in [0.25, 0.3) is 10.9 Å². The van der Waals surface area contributed by atoms with Gasteiger partial charge in [0.15, 0.2) is 6.04 Å². The van der Waals surface area contributed by atoms with Crippen molar-refractivity contribution in [2.24, 2.45) is 0 Å². The Morgan fingerprint density at radius 1 is 1.30 bits per heavy atom. The van der Waals surface area contributed by atoms with Crippen LogP contribution < -0.4 is 5.32 Å². The zero-order valence-electron chi connectivity index (χ0n) is 13.6. The second-order valence-corrected chi connectivity index (χ2v) is 5.47. The van der Waals surface area contributed by atoms with Crippen molar-refractivity contribution >= 4 is 22.8 Å². The van der Waals surface area contributed by atoms with Crippen molar-refractivity contribution in [2.45, 2.75) is 39.8 Å². The normalized spacial score (nSPS) is 12.3. The van der Waals surface area contributed by atoms with E-state index in [1.54, 1.807) is 0 Å². The molecule has 0 aliphatic heterocycles. The van der Waals surface area contributed by atoms with Crippen LogP contribution >= 0.6 is 0 Å². The predicted octanol–water partition coefficient (Wildman–Crippen LogP) is 1.71. The highest BCUT2D eigenvalue weighted by Gasteiger charge is 2.24. The van der Waals surface area contributed by atoms with Gasteiger partial charge in [-0.1, -0.05) is 13.0 Å². The van der Waals surface area contributed by atoms with Crippen LogP contribution in [0.2, 0.25) is 0 Å². The summed E-state index contributed by atoms with van der Waals surface area (Å²) in [6.45, 7) is 5.81. The average molecular weight is 318 g/mol. The first-order valence-electron chi connectivity index (χ1n) is 7.70. The van der Waals surface area contributed by atoms with E-state index in [1.807, 2.05) is 30.5 Å². The summed E-state index contributed by atoms with van der Waals surface area (Å²) >= 11 is 0. The molecule has 3 N–H and O–H groups in total. The van der Waals surface area contributed by atoms with Crippen molar-refractivity contribution in [3.63, 3.8) is 0 Å². The summed E-state index contributed by atoms with van der Waals surface area (Å²) in [7, 11) is 0. The largest absolute Gasteiger partial charge is 0.480 e. The number of carboxylic acid groups (broad SMARTS) is 1. The molecule has 6 heteroatoms. The SMILES string of the molecule is CCc1ccc2c(c1)c(C)c(C(=O)NC(CO)C(=O)O)n2CC. The standard InChI is InChI=1S/C17H22N2O4/c1-4-11-6-7-14-12(8-11)10(3)15(19(14)5-2)16(21)18-13(9-20)17(22)23/h6-8,13,20H,4-5,9H2,1-3H3,(H,18,21)(H,22,23). The topological polar surface area (TPSA) is 91.6 Å². The van der Waals surface area contributed by atoms with Crippen LogP contribution in [0, 0.1) is 6.92 Å². The van der Waals surface area contributed by atoms with E-state index >= 15 is 0 Å². The van der Waals surface area contributed by atoms with E-state index < -0.39 is 24.5 Å². The maximum atomic E-state index is 12.5. The lowest BCUT2D eigenvalue weighted by molar-refractivity contribution is -0.140. The van der Waals surface area contributed by atoms with E-state index in [1.165, 1.54) is 5.56 Å². The Hall–Kier alpha value is -2.34. The molecule has 0 aliphatic carbocycles. The number of carbonyl (C=O) groups excluding carboxylic acids is 1. The number of carboxylic acids is 1. The van der Waals surface area contributed by atoms with Gasteiger partial charge in [0, 0.05) is 17.4 Å². The average Bonchev–Trinajstić information content (AvgIpc) is 2.83. The van der Waals surface area contributed by atoms with Crippen molar-refractivity contribution in [1.82, 2.24) is 9.88 Å². The summed E-state index contributed by atoms with van der Waals surface area (Å²) in [5.41, 5.74) is 3.38. The number of benzene rings is 1. The van der Waals surface area contributed by atoms with Crippen molar-refractivity contribution in [3.05, 3.63) is 35.0 Å². The lowest BCUT2D eigenvalue weighted by atomic mass is 10.1. The number of nitrogens with one attached hydrogen (secondary N) is 1. The number of aromatic nitrogens is 1. The zero-order chi connectivity index (χ0) is 17.1. The van der Waals surface area contributed by atoms with E-state index in [4.69, 9.17) is 10.2 Å². The number of aliphatic hydroxyl groups excluding tert-OH is 1. The first kappa shape index (κ1) is 17.0. The molecule has 23 heavy (non-hydrogen) atoms. The fourth-order valence-electron chi connectivity index (χ4n) is 2.82. The molecule has 1 aromatic carbocycles. The van der Waals surface area contributed by atoms with Crippen LogP contribution in [0.15, 0.2) is 18.2 Å². The van der Waals surface area contributed by atoms with Crippen LogP contribution in [0.3, 0.4) is 0 Å². The van der Waals surface area contributed by atoms with Crippen molar-refractivity contribution < 1.29 is 19.8 Å². The number of hydrogen-bond acceptors (Lipinski definition) is 3. The van der Waals surface area contributed by atoms with Gasteiger partial charge in [-0.3, -0.25) is 4.79 Å². The van der Waals surface area contributed by atoms with Gasteiger partial charge >= 0.3 is 5.97 Å². The molecule has 0 radical (unpaired) electrons. The van der Waals surface area contributed by atoms with Crippen molar-refractivity contribution in [1.29, 1.82) is 0 Å². The van der Waals surface area contributed by atoms with E-state index in [2.05, 4.69) is 18.3 Å². The highest BCUT2D eigenvalue weighted by molar-refractivity contribution is 6.03. The van der Waals surface area contributed by atoms with Crippen LogP contribution in [0.4, 0.5) is 0 Å². The quantitative estimate of drug-likeness (QED) is 0.756. The molecule has 2 rings (SSSR count). The first-order valence-corrected chi connectivity index (χ1v) is 7.70. The number of aryl methyl sites for hydroxylation is 3. The maximum Gasteiger partial charge on any atom is 0.328 e. The summed E-state index contributed by atoms with van der Waals surface area (Å²) in [6, 6.07) is 4.77. The Morgan fingerprint density at radius 2 is 2.00 bits per heavy atom. The molecule has 1 atom stereocenters. The van der Waals surface area contributed by atoms with Crippen LogP contribution in [0.1, 0.15) is 35.5 Å². The summed E-state index contributed by atoms with van der Waals surface area (Å²) < 4.78 is 1.87. The minimum absolute atomic E-state index is 0.440. The maximum absolute atomic E-state index is 12.5. The number of nitrogens with zero attached hydrogens (tertiary/aromatic N) is 1. The van der Waals surface area contributed by atoms with E-state index in [9.17, 15) is 9.59 Å². The van der Waals surface area contributed by atoms with Gasteiger partial charge in [0.05, 0.1) is 6.61 Å². The van der Waals surface area contributed by atoms with Crippen molar-refractivity contribution in [2.75, 3.05) is 6.61 Å². The summed E-state index contributed by atoms with van der Waals surface area (Å²) in [5.74, 6) is -1.74. The number of fused-ring (bicyclic) bond motifs is 1. The van der Waals surface area contributed by atoms with Gasteiger partial charge < -0.3 is 20.1 Å². The number of aliphatic hydroxyl groups is 1. The van der Waals surface area contributed by atoms with Gasteiger partial charge in [0.1, 0.15) is 5.69 Å². The third-order valence-corrected chi connectivity index (χ3v) is 4.11. The third-order valence-electron chi connectivity index (χ3n) is 4.11. The highest BCUT2D eigenvalue weighted by atomic mass is 16.4. The number of hydrogen-bond donors (Lipinski definition) is 3. The van der Waals surface area contributed by atoms with E-state index in [0.29, 0.717) is 12.2 Å². The molecule has 0 saturated carbocycles. The Morgan fingerprint density at radius 3 is 2.52 bits per heavy atom. The van der Waals surface area contributed by atoms with E-state index in [0.717, 1.165) is 22.9 Å². The lowest BCUT2D eigenvalue weighted by Crippen LogP contribution is -2.44. The molecule has 0 fully saturated rings. The number of aliphatic carboxylic acids is 1. The van der Waals surface area contributed by atoms with Crippen molar-refractivity contribution in [3.8, 4) is 0 Å². The summed E-state index contributed by atoms with van der Waals surface area (Å²) in [5, 5.41) is 21.5. The molecular formula is C17H22N2O4. The molecule has 6 nitrogen and oxygen atoms in total. The monoisotopic (exact) mass is 318 g/mol. The molecule has 0 aliphatic rings. The van der Waals surface area contributed by atoms with Gasteiger partial charge in [-0.05, 0) is 43.5 Å². The molecule has 2 aromatic rings. The molecule has 124 valence electrons. The fourth-order valence-corrected chi connectivity index (χ4v) is 2.82. The van der Waals surface area contributed by atoms with Gasteiger partial charge in [-0.2, -0.15) is 0 Å². The second kappa shape index (κ2) is 6.83. The Labute approximate surface area is 134 Å².